The van der Waals surface area contributed by atoms with Crippen molar-refractivity contribution in [2.24, 2.45) is 9.98 Å². The zero-order chi connectivity index (χ0) is 13.9. The lowest BCUT2D eigenvalue weighted by Gasteiger charge is -2.24. The number of nitrogens with zero attached hydrogens (tertiary/aromatic N) is 2. The van der Waals surface area contributed by atoms with Crippen molar-refractivity contribution in [1.29, 1.82) is 0 Å². The van der Waals surface area contributed by atoms with Crippen LogP contribution in [0.3, 0.4) is 0 Å². The van der Waals surface area contributed by atoms with Crippen LogP contribution in [0.25, 0.3) is 0 Å². The molecule has 0 fully saturated rings. The fourth-order valence-electron chi connectivity index (χ4n) is 1.95. The van der Waals surface area contributed by atoms with E-state index >= 15 is 0 Å². The summed E-state index contributed by atoms with van der Waals surface area (Å²) in [6, 6.07) is -0.275. The zero-order valence-electron chi connectivity index (χ0n) is 11.7. The van der Waals surface area contributed by atoms with E-state index in [2.05, 4.69) is 16.9 Å². The molecule has 0 bridgehead atoms. The molecule has 102 valence electrons. The predicted octanol–water partition coefficient (Wildman–Crippen LogP) is 3.56. The lowest BCUT2D eigenvalue weighted by atomic mass is 9.91. The maximum Gasteiger partial charge on any atom is 0.235 e. The molecule has 0 aromatic rings. The molecule has 0 saturated heterocycles. The molecule has 1 atom stereocenters. The van der Waals surface area contributed by atoms with Crippen molar-refractivity contribution < 1.29 is 9.59 Å². The van der Waals surface area contributed by atoms with Gasteiger partial charge in [-0.1, -0.05) is 45.4 Å². The van der Waals surface area contributed by atoms with Crippen LogP contribution in [0.4, 0.5) is 0 Å². The van der Waals surface area contributed by atoms with Crippen LogP contribution in [0, 0.1) is 0 Å². The lowest BCUT2D eigenvalue weighted by Crippen LogP contribution is -2.32. The molecule has 1 unspecified atom stereocenters. The van der Waals surface area contributed by atoms with E-state index in [0.717, 1.165) is 19.3 Å². The van der Waals surface area contributed by atoms with E-state index in [1.807, 2.05) is 0 Å². The maximum atomic E-state index is 10.4. The van der Waals surface area contributed by atoms with Crippen molar-refractivity contribution in [2.45, 2.75) is 77.3 Å². The van der Waals surface area contributed by atoms with Crippen molar-refractivity contribution in [3.8, 4) is 0 Å². The van der Waals surface area contributed by atoms with E-state index in [9.17, 15) is 9.59 Å². The monoisotopic (exact) mass is 252 g/mol. The molecule has 0 rings (SSSR count). The van der Waals surface area contributed by atoms with Crippen LogP contribution in [0.5, 0.6) is 0 Å². The summed E-state index contributed by atoms with van der Waals surface area (Å²) >= 11 is 0. The number of hydrogen-bond acceptors (Lipinski definition) is 4. The molecular weight excluding hydrogens is 228 g/mol. The van der Waals surface area contributed by atoms with Gasteiger partial charge in [-0.25, -0.2) is 9.59 Å². The van der Waals surface area contributed by atoms with Gasteiger partial charge in [0.2, 0.25) is 12.2 Å². The van der Waals surface area contributed by atoms with E-state index in [1.165, 1.54) is 25.7 Å². The van der Waals surface area contributed by atoms with Crippen molar-refractivity contribution in [3.63, 3.8) is 0 Å². The van der Waals surface area contributed by atoms with E-state index in [0.29, 0.717) is 0 Å². The second-order valence-corrected chi connectivity index (χ2v) is 5.15. The van der Waals surface area contributed by atoms with Gasteiger partial charge < -0.3 is 0 Å². The second kappa shape index (κ2) is 9.76. The molecule has 0 aromatic carbocycles. The molecule has 0 saturated carbocycles. The first kappa shape index (κ1) is 16.8. The van der Waals surface area contributed by atoms with Gasteiger partial charge in [-0.3, -0.25) is 0 Å². The molecule has 0 N–H and O–H groups in total. The summed E-state index contributed by atoms with van der Waals surface area (Å²) in [5, 5.41) is 0. The summed E-state index contributed by atoms with van der Waals surface area (Å²) in [7, 11) is 0. The Hall–Kier alpha value is -1.24. The molecule has 0 aromatic heterocycles. The largest absolute Gasteiger partial charge is 0.235 e. The first-order valence-electron chi connectivity index (χ1n) is 6.74. The number of rotatable bonds is 10. The van der Waals surface area contributed by atoms with Crippen LogP contribution >= 0.6 is 0 Å². The smallest absolute Gasteiger partial charge is 0.211 e. The van der Waals surface area contributed by atoms with Crippen LogP contribution < -0.4 is 0 Å². The topological polar surface area (TPSA) is 58.9 Å². The Balaban J connectivity index is 4.13. The second-order valence-electron chi connectivity index (χ2n) is 5.15. The minimum Gasteiger partial charge on any atom is -0.211 e. The van der Waals surface area contributed by atoms with Gasteiger partial charge in [0.15, 0.2) is 0 Å². The van der Waals surface area contributed by atoms with E-state index < -0.39 is 5.54 Å². The highest BCUT2D eigenvalue weighted by molar-refractivity contribution is 5.37. The first-order valence-corrected chi connectivity index (χ1v) is 6.74. The third-order valence-corrected chi connectivity index (χ3v) is 3.19. The highest BCUT2D eigenvalue weighted by Gasteiger charge is 2.28. The van der Waals surface area contributed by atoms with Crippen LogP contribution in [0.1, 0.15) is 65.7 Å². The number of carbonyl (C=O) groups excluding carboxylic acids is 2. The number of aliphatic imine (C=N–C) groups is 2. The zero-order valence-corrected chi connectivity index (χ0v) is 11.7. The molecule has 0 aliphatic heterocycles. The van der Waals surface area contributed by atoms with Gasteiger partial charge in [0.1, 0.15) is 0 Å². The predicted molar refractivity (Wildman–Crippen MR) is 72.1 cm³/mol. The van der Waals surface area contributed by atoms with Crippen LogP contribution in [0.15, 0.2) is 9.98 Å². The molecule has 4 heteroatoms. The molecule has 4 nitrogen and oxygen atoms in total. The quantitative estimate of drug-likeness (QED) is 0.339. The van der Waals surface area contributed by atoms with Gasteiger partial charge in [0.25, 0.3) is 0 Å². The Morgan fingerprint density at radius 1 is 1.00 bits per heavy atom. The van der Waals surface area contributed by atoms with E-state index in [1.54, 1.807) is 26.0 Å². The van der Waals surface area contributed by atoms with Crippen LogP contribution in [-0.2, 0) is 9.59 Å². The summed E-state index contributed by atoms with van der Waals surface area (Å²) in [5.74, 6) is 0. The van der Waals surface area contributed by atoms with Gasteiger partial charge in [-0.05, 0) is 20.3 Å². The Morgan fingerprint density at radius 2 is 1.61 bits per heavy atom. The highest BCUT2D eigenvalue weighted by Crippen LogP contribution is 2.22. The van der Waals surface area contributed by atoms with Crippen molar-refractivity contribution >= 4 is 12.2 Å². The SMILES string of the molecule is CCCCCCCCC(N=C=O)C(C)(C)N=C=O. The number of hydrogen-bond donors (Lipinski definition) is 0. The highest BCUT2D eigenvalue weighted by atomic mass is 16.1. The Kier molecular flexibility index (Phi) is 9.08. The van der Waals surface area contributed by atoms with Gasteiger partial charge >= 0.3 is 0 Å². The minimum absolute atomic E-state index is 0.275. The number of unbranched alkanes of at least 4 members (excludes halogenated alkanes) is 5. The number of isocyanates is 2. The van der Waals surface area contributed by atoms with Gasteiger partial charge in [-0.15, -0.1) is 0 Å². The van der Waals surface area contributed by atoms with Gasteiger partial charge in [-0.2, -0.15) is 9.98 Å². The average Bonchev–Trinajstić information content (AvgIpc) is 2.32. The molecule has 0 amide bonds. The molecule has 18 heavy (non-hydrogen) atoms. The third-order valence-electron chi connectivity index (χ3n) is 3.19. The van der Waals surface area contributed by atoms with Crippen molar-refractivity contribution in [2.75, 3.05) is 0 Å². The Bertz CT molecular complexity index is 314. The molecule has 0 aliphatic rings. The fraction of sp³-hybridized carbons (Fsp3) is 0.857. The van der Waals surface area contributed by atoms with Gasteiger partial charge in [0.05, 0.1) is 11.6 Å². The summed E-state index contributed by atoms with van der Waals surface area (Å²) in [6.07, 6.45) is 11.0. The standard InChI is InChI=1S/C14H24N2O2/c1-4-5-6-7-8-9-10-13(15-11-17)14(2,3)16-12-18/h13H,4-10H2,1-3H3. The molecule has 0 heterocycles. The summed E-state index contributed by atoms with van der Waals surface area (Å²) < 4.78 is 0. The molecule has 0 aliphatic carbocycles. The van der Waals surface area contributed by atoms with Crippen molar-refractivity contribution in [3.05, 3.63) is 0 Å². The first-order chi connectivity index (χ1) is 8.58. The minimum atomic E-state index is -0.664. The normalized spacial score (nSPS) is 12.4. The Labute approximate surface area is 110 Å². The van der Waals surface area contributed by atoms with E-state index in [4.69, 9.17) is 0 Å². The van der Waals surface area contributed by atoms with E-state index in [-0.39, 0.29) is 6.04 Å². The summed E-state index contributed by atoms with van der Waals surface area (Å²) in [5.41, 5.74) is -0.664. The van der Waals surface area contributed by atoms with Crippen LogP contribution in [0.2, 0.25) is 0 Å². The van der Waals surface area contributed by atoms with Crippen molar-refractivity contribution in [1.82, 2.24) is 0 Å². The third kappa shape index (κ3) is 7.16. The fourth-order valence-corrected chi connectivity index (χ4v) is 1.95. The molecule has 0 spiro atoms. The lowest BCUT2D eigenvalue weighted by molar-refractivity contribution is 0.376. The summed E-state index contributed by atoms with van der Waals surface area (Å²) in [4.78, 5) is 28.2. The average molecular weight is 252 g/mol. The molecule has 0 radical (unpaired) electrons. The molecular formula is C14H24N2O2. The Morgan fingerprint density at radius 3 is 2.17 bits per heavy atom. The van der Waals surface area contributed by atoms with Crippen LogP contribution in [-0.4, -0.2) is 23.7 Å². The van der Waals surface area contributed by atoms with Gasteiger partial charge in [0, 0.05) is 0 Å². The summed E-state index contributed by atoms with van der Waals surface area (Å²) in [6.45, 7) is 5.77. The maximum absolute atomic E-state index is 10.4.